The highest BCUT2D eigenvalue weighted by atomic mass is 79.9. The lowest BCUT2D eigenvalue weighted by atomic mass is 9.98. The summed E-state index contributed by atoms with van der Waals surface area (Å²) in [6.07, 6.45) is 8.12. The molecule has 1 unspecified atom stereocenters. The van der Waals surface area contributed by atoms with Crippen molar-refractivity contribution in [1.82, 2.24) is 0 Å². The number of methoxy groups -OCH3 is 2. The van der Waals surface area contributed by atoms with Crippen molar-refractivity contribution in [3.8, 4) is 11.5 Å². The summed E-state index contributed by atoms with van der Waals surface area (Å²) in [7, 11) is 3.43. The highest BCUT2D eigenvalue weighted by Gasteiger charge is 2.19. The van der Waals surface area contributed by atoms with Crippen molar-refractivity contribution >= 4 is 15.9 Å². The Hall–Kier alpha value is -0.700. The predicted octanol–water partition coefficient (Wildman–Crippen LogP) is 5.11. The Morgan fingerprint density at radius 3 is 2.58 bits per heavy atom. The summed E-state index contributed by atoms with van der Waals surface area (Å²) >= 11 is 3.81. The summed E-state index contributed by atoms with van der Waals surface area (Å²) in [5, 5.41) is 0. The van der Waals surface area contributed by atoms with Gasteiger partial charge in [0.15, 0.2) is 0 Å². The summed E-state index contributed by atoms with van der Waals surface area (Å²) in [4.78, 5) is 0.346. The van der Waals surface area contributed by atoms with E-state index in [1.807, 2.05) is 12.1 Å². The Labute approximate surface area is 124 Å². The molecule has 3 heteroatoms. The lowest BCUT2D eigenvalue weighted by Gasteiger charge is -2.17. The maximum absolute atomic E-state index is 5.45. The summed E-state index contributed by atoms with van der Waals surface area (Å²) in [5.41, 5.74) is 1.19. The molecule has 1 fully saturated rings. The van der Waals surface area contributed by atoms with Crippen LogP contribution in [0.15, 0.2) is 18.2 Å². The second-order valence-electron chi connectivity index (χ2n) is 5.30. The van der Waals surface area contributed by atoms with Crippen LogP contribution in [0.2, 0.25) is 0 Å². The minimum Gasteiger partial charge on any atom is -0.497 e. The van der Waals surface area contributed by atoms with Crippen LogP contribution in [-0.2, 0) is 0 Å². The van der Waals surface area contributed by atoms with Crippen molar-refractivity contribution in [2.24, 2.45) is 5.92 Å². The second-order valence-corrected chi connectivity index (χ2v) is 6.41. The van der Waals surface area contributed by atoms with E-state index >= 15 is 0 Å². The van der Waals surface area contributed by atoms with Crippen molar-refractivity contribution in [2.75, 3.05) is 14.2 Å². The summed E-state index contributed by atoms with van der Waals surface area (Å²) < 4.78 is 10.8. The van der Waals surface area contributed by atoms with Gasteiger partial charge in [0.25, 0.3) is 0 Å². The predicted molar refractivity (Wildman–Crippen MR) is 82.4 cm³/mol. The van der Waals surface area contributed by atoms with Gasteiger partial charge in [-0.15, -0.1) is 0 Å². The fourth-order valence-electron chi connectivity index (χ4n) is 2.92. The molecule has 1 saturated carbocycles. The average molecular weight is 327 g/mol. The minimum absolute atomic E-state index is 0.346. The third kappa shape index (κ3) is 3.88. The van der Waals surface area contributed by atoms with Crippen LogP contribution < -0.4 is 9.47 Å². The lowest BCUT2D eigenvalue weighted by molar-refractivity contribution is 0.396. The van der Waals surface area contributed by atoms with Crippen molar-refractivity contribution in [2.45, 2.75) is 43.4 Å². The van der Waals surface area contributed by atoms with Gasteiger partial charge in [-0.25, -0.2) is 0 Å². The number of alkyl halides is 1. The van der Waals surface area contributed by atoms with E-state index < -0.39 is 0 Å². The van der Waals surface area contributed by atoms with E-state index in [0.717, 1.165) is 23.8 Å². The van der Waals surface area contributed by atoms with Gasteiger partial charge in [0.1, 0.15) is 11.5 Å². The third-order valence-electron chi connectivity index (χ3n) is 4.08. The van der Waals surface area contributed by atoms with Crippen LogP contribution in [0.4, 0.5) is 0 Å². The van der Waals surface area contributed by atoms with Crippen LogP contribution in [0.3, 0.4) is 0 Å². The molecular formula is C16H23BrO2. The van der Waals surface area contributed by atoms with Gasteiger partial charge < -0.3 is 9.47 Å². The number of hydrogen-bond donors (Lipinski definition) is 0. The topological polar surface area (TPSA) is 18.5 Å². The zero-order valence-corrected chi connectivity index (χ0v) is 13.4. The zero-order valence-electron chi connectivity index (χ0n) is 11.8. The summed E-state index contributed by atoms with van der Waals surface area (Å²) in [6.45, 7) is 0. The van der Waals surface area contributed by atoms with Crippen LogP contribution in [0, 0.1) is 5.92 Å². The normalized spacial score (nSPS) is 17.4. The minimum atomic E-state index is 0.346. The Balaban J connectivity index is 2.01. The van der Waals surface area contributed by atoms with E-state index in [2.05, 4.69) is 22.0 Å². The second kappa shape index (κ2) is 7.18. The summed E-state index contributed by atoms with van der Waals surface area (Å²) in [6, 6.07) is 6.00. The van der Waals surface area contributed by atoms with Crippen LogP contribution in [0.25, 0.3) is 0 Å². The molecule has 19 heavy (non-hydrogen) atoms. The van der Waals surface area contributed by atoms with Gasteiger partial charge in [-0.3, -0.25) is 0 Å². The smallest absolute Gasteiger partial charge is 0.123 e. The molecular weight excluding hydrogens is 304 g/mol. The fourth-order valence-corrected chi connectivity index (χ4v) is 3.54. The molecule has 106 valence electrons. The molecule has 0 N–H and O–H groups in total. The molecule has 2 nitrogen and oxygen atoms in total. The van der Waals surface area contributed by atoms with Crippen LogP contribution in [0.5, 0.6) is 11.5 Å². The molecule has 1 atom stereocenters. The highest BCUT2D eigenvalue weighted by molar-refractivity contribution is 9.09. The van der Waals surface area contributed by atoms with E-state index in [1.165, 1.54) is 37.7 Å². The third-order valence-corrected chi connectivity index (χ3v) is 5.03. The quantitative estimate of drug-likeness (QED) is 0.676. The first-order chi connectivity index (χ1) is 9.24. The molecule has 1 aliphatic rings. The van der Waals surface area contributed by atoms with E-state index in [0.29, 0.717) is 4.83 Å². The van der Waals surface area contributed by atoms with Crippen LogP contribution >= 0.6 is 15.9 Å². The van der Waals surface area contributed by atoms with Gasteiger partial charge in [-0.05, 0) is 37.0 Å². The SMILES string of the molecule is COc1ccc(OC)c(C(Br)CCC2CCCC2)c1. The van der Waals surface area contributed by atoms with Gasteiger partial charge in [0.2, 0.25) is 0 Å². The molecule has 0 heterocycles. The first-order valence-corrected chi connectivity index (χ1v) is 8.02. The van der Waals surface area contributed by atoms with Gasteiger partial charge in [0, 0.05) is 10.4 Å². The van der Waals surface area contributed by atoms with Gasteiger partial charge in [0.05, 0.1) is 14.2 Å². The molecule has 0 radical (unpaired) electrons. The Morgan fingerprint density at radius 2 is 1.95 bits per heavy atom. The molecule has 0 aliphatic heterocycles. The Morgan fingerprint density at radius 1 is 1.21 bits per heavy atom. The molecule has 2 rings (SSSR count). The molecule has 1 aromatic rings. The molecule has 1 aliphatic carbocycles. The monoisotopic (exact) mass is 326 g/mol. The first-order valence-electron chi connectivity index (χ1n) is 7.10. The molecule has 0 spiro atoms. The van der Waals surface area contributed by atoms with E-state index in [-0.39, 0.29) is 0 Å². The highest BCUT2D eigenvalue weighted by Crippen LogP contribution is 2.39. The van der Waals surface area contributed by atoms with Crippen molar-refractivity contribution in [3.63, 3.8) is 0 Å². The van der Waals surface area contributed by atoms with Crippen LogP contribution in [-0.4, -0.2) is 14.2 Å². The first kappa shape index (κ1) is 14.7. The molecule has 0 aromatic heterocycles. The van der Waals surface area contributed by atoms with Gasteiger partial charge in [-0.2, -0.15) is 0 Å². The lowest BCUT2D eigenvalue weighted by Crippen LogP contribution is -2.00. The van der Waals surface area contributed by atoms with Crippen molar-refractivity contribution in [1.29, 1.82) is 0 Å². The Kier molecular flexibility index (Phi) is 5.56. The number of halogens is 1. The number of ether oxygens (including phenoxy) is 2. The number of benzene rings is 1. The van der Waals surface area contributed by atoms with Crippen molar-refractivity contribution < 1.29 is 9.47 Å². The standard InChI is InChI=1S/C16H23BrO2/c1-18-13-8-10-16(19-2)14(11-13)15(17)9-7-12-5-3-4-6-12/h8,10-12,15H,3-7,9H2,1-2H3. The van der Waals surface area contributed by atoms with Gasteiger partial charge >= 0.3 is 0 Å². The maximum Gasteiger partial charge on any atom is 0.123 e. The maximum atomic E-state index is 5.45. The van der Waals surface area contributed by atoms with Gasteiger partial charge in [-0.1, -0.05) is 41.6 Å². The van der Waals surface area contributed by atoms with Crippen molar-refractivity contribution in [3.05, 3.63) is 23.8 Å². The van der Waals surface area contributed by atoms with E-state index in [1.54, 1.807) is 14.2 Å². The number of hydrogen-bond acceptors (Lipinski definition) is 2. The Bertz CT molecular complexity index is 400. The number of rotatable bonds is 6. The largest absolute Gasteiger partial charge is 0.497 e. The summed E-state index contributed by atoms with van der Waals surface area (Å²) in [5.74, 6) is 2.76. The molecule has 0 saturated heterocycles. The van der Waals surface area contributed by atoms with E-state index in [4.69, 9.17) is 9.47 Å². The molecule has 0 bridgehead atoms. The van der Waals surface area contributed by atoms with E-state index in [9.17, 15) is 0 Å². The zero-order chi connectivity index (χ0) is 13.7. The molecule has 0 amide bonds. The average Bonchev–Trinajstić information content (AvgIpc) is 2.97. The van der Waals surface area contributed by atoms with Crippen LogP contribution in [0.1, 0.15) is 48.9 Å². The fraction of sp³-hybridized carbons (Fsp3) is 0.625. The molecule has 1 aromatic carbocycles.